The van der Waals surface area contributed by atoms with Crippen LogP contribution in [0.4, 0.5) is 11.4 Å². The van der Waals surface area contributed by atoms with E-state index < -0.39 is 0 Å². The quantitative estimate of drug-likeness (QED) is 0.817. The first-order chi connectivity index (χ1) is 8.15. The molecule has 0 radical (unpaired) electrons. The molecule has 5 nitrogen and oxygen atoms in total. The van der Waals surface area contributed by atoms with Crippen LogP contribution >= 0.6 is 11.6 Å². The van der Waals surface area contributed by atoms with Crippen LogP contribution in [0, 0.1) is 6.92 Å². The first kappa shape index (κ1) is 11.7. The fourth-order valence-corrected chi connectivity index (χ4v) is 1.61. The van der Waals surface area contributed by atoms with Crippen LogP contribution in [0.5, 0.6) is 0 Å². The molecule has 1 aromatic heterocycles. The van der Waals surface area contributed by atoms with Crippen molar-refractivity contribution in [1.29, 1.82) is 0 Å². The number of aryl methyl sites for hydroxylation is 1. The van der Waals surface area contributed by atoms with Crippen molar-refractivity contribution in [1.82, 2.24) is 10.1 Å². The second-order valence-electron chi connectivity index (χ2n) is 3.64. The van der Waals surface area contributed by atoms with Gasteiger partial charge in [-0.3, -0.25) is 0 Å². The van der Waals surface area contributed by atoms with Crippen LogP contribution in [0.25, 0.3) is 0 Å². The van der Waals surface area contributed by atoms with Gasteiger partial charge in [0.05, 0.1) is 11.4 Å². The minimum absolute atomic E-state index is 0.572. The molecule has 0 saturated carbocycles. The molecule has 3 N–H and O–H groups in total. The lowest BCUT2D eigenvalue weighted by Crippen LogP contribution is -2.07. The normalized spacial score (nSPS) is 10.5. The lowest BCUT2D eigenvalue weighted by molar-refractivity contribution is 0.387. The second-order valence-corrected chi connectivity index (χ2v) is 4.07. The van der Waals surface area contributed by atoms with Gasteiger partial charge in [-0.25, -0.2) is 0 Å². The van der Waals surface area contributed by atoms with Gasteiger partial charge in [0.15, 0.2) is 5.82 Å². The van der Waals surface area contributed by atoms with Crippen molar-refractivity contribution in [2.45, 2.75) is 13.3 Å². The fourth-order valence-electron chi connectivity index (χ4n) is 1.43. The molecular weight excluding hydrogens is 240 g/mol. The maximum Gasteiger partial charge on any atom is 0.223 e. The predicted octanol–water partition coefficient (Wildman–Crippen LogP) is 2.27. The van der Waals surface area contributed by atoms with Gasteiger partial charge in [0.2, 0.25) is 5.89 Å². The first-order valence-electron chi connectivity index (χ1n) is 5.23. The Kier molecular flexibility index (Phi) is 3.49. The molecule has 6 heteroatoms. The van der Waals surface area contributed by atoms with Gasteiger partial charge in [-0.05, 0) is 18.2 Å². The number of anilines is 2. The highest BCUT2D eigenvalue weighted by Crippen LogP contribution is 2.22. The molecule has 0 atom stereocenters. The number of nitrogen functional groups attached to an aromatic ring is 1. The maximum absolute atomic E-state index is 5.88. The molecule has 0 saturated heterocycles. The van der Waals surface area contributed by atoms with Crippen molar-refractivity contribution in [3.8, 4) is 0 Å². The topological polar surface area (TPSA) is 77.0 Å². The van der Waals surface area contributed by atoms with E-state index in [4.69, 9.17) is 21.9 Å². The number of hydrogen-bond acceptors (Lipinski definition) is 5. The van der Waals surface area contributed by atoms with Crippen molar-refractivity contribution >= 4 is 23.0 Å². The molecule has 2 rings (SSSR count). The summed E-state index contributed by atoms with van der Waals surface area (Å²) in [5.74, 6) is 1.25. The number of nitrogens with two attached hydrogens (primary N) is 1. The summed E-state index contributed by atoms with van der Waals surface area (Å²) in [4.78, 5) is 4.11. The summed E-state index contributed by atoms with van der Waals surface area (Å²) in [5, 5.41) is 7.63. The van der Waals surface area contributed by atoms with E-state index in [2.05, 4.69) is 15.5 Å². The molecule has 1 heterocycles. The summed E-state index contributed by atoms with van der Waals surface area (Å²) >= 11 is 5.88. The molecule has 17 heavy (non-hydrogen) atoms. The van der Waals surface area contributed by atoms with Gasteiger partial charge in [0.1, 0.15) is 0 Å². The van der Waals surface area contributed by atoms with Gasteiger partial charge >= 0.3 is 0 Å². The minimum atomic E-state index is 0.572. The van der Waals surface area contributed by atoms with Gasteiger partial charge in [0, 0.05) is 24.9 Å². The lowest BCUT2D eigenvalue weighted by Gasteiger charge is -2.08. The summed E-state index contributed by atoms with van der Waals surface area (Å²) in [6, 6.07) is 5.31. The number of aromatic nitrogens is 2. The van der Waals surface area contributed by atoms with E-state index in [-0.39, 0.29) is 0 Å². The van der Waals surface area contributed by atoms with E-state index in [1.807, 2.05) is 0 Å². The number of halogens is 1. The molecule has 0 spiro atoms. The third kappa shape index (κ3) is 3.10. The van der Waals surface area contributed by atoms with Gasteiger partial charge in [-0.15, -0.1) is 0 Å². The highest BCUT2D eigenvalue weighted by Gasteiger charge is 2.03. The SMILES string of the molecule is Cc1nc(CCNc2cc(Cl)ccc2N)no1. The van der Waals surface area contributed by atoms with E-state index in [1.54, 1.807) is 25.1 Å². The number of hydrogen-bond donors (Lipinski definition) is 2. The number of nitrogens with one attached hydrogen (secondary N) is 1. The van der Waals surface area contributed by atoms with Gasteiger partial charge in [-0.2, -0.15) is 4.98 Å². The summed E-state index contributed by atoms with van der Waals surface area (Å²) in [6.07, 6.45) is 0.670. The van der Waals surface area contributed by atoms with Crippen molar-refractivity contribution < 1.29 is 4.52 Å². The zero-order chi connectivity index (χ0) is 12.3. The summed E-state index contributed by atoms with van der Waals surface area (Å²) in [7, 11) is 0. The van der Waals surface area contributed by atoms with Crippen LogP contribution in [0.3, 0.4) is 0 Å². The van der Waals surface area contributed by atoms with Gasteiger partial charge < -0.3 is 15.6 Å². The maximum atomic E-state index is 5.88. The molecule has 0 aliphatic carbocycles. The van der Waals surface area contributed by atoms with E-state index in [9.17, 15) is 0 Å². The zero-order valence-electron chi connectivity index (χ0n) is 9.40. The highest BCUT2D eigenvalue weighted by molar-refractivity contribution is 6.31. The van der Waals surface area contributed by atoms with Crippen LogP contribution in [0.1, 0.15) is 11.7 Å². The standard InChI is InChI=1S/C11H13ClN4O/c1-7-15-11(16-17-7)4-5-14-10-6-8(12)2-3-9(10)13/h2-3,6,14H,4-5,13H2,1H3. The van der Waals surface area contributed by atoms with Crippen LogP contribution in [0.2, 0.25) is 5.02 Å². The lowest BCUT2D eigenvalue weighted by atomic mass is 10.2. The molecule has 0 bridgehead atoms. The summed E-state index contributed by atoms with van der Waals surface area (Å²) in [5.41, 5.74) is 7.28. The first-order valence-corrected chi connectivity index (χ1v) is 5.61. The van der Waals surface area contributed by atoms with E-state index in [1.165, 1.54) is 0 Å². The second kappa shape index (κ2) is 5.05. The zero-order valence-corrected chi connectivity index (χ0v) is 10.2. The Bertz CT molecular complexity index is 512. The number of rotatable bonds is 4. The van der Waals surface area contributed by atoms with E-state index >= 15 is 0 Å². The van der Waals surface area contributed by atoms with Crippen molar-refractivity contribution in [3.05, 3.63) is 34.9 Å². The molecular formula is C11H13ClN4O. The third-order valence-corrected chi connectivity index (χ3v) is 2.48. The smallest absolute Gasteiger partial charge is 0.223 e. The summed E-state index contributed by atoms with van der Waals surface area (Å²) < 4.78 is 4.88. The Balaban J connectivity index is 1.91. The minimum Gasteiger partial charge on any atom is -0.397 e. The Morgan fingerprint density at radius 2 is 2.29 bits per heavy atom. The Labute approximate surface area is 104 Å². The van der Waals surface area contributed by atoms with Gasteiger partial charge in [0.25, 0.3) is 0 Å². The van der Waals surface area contributed by atoms with Crippen LogP contribution in [-0.4, -0.2) is 16.7 Å². The molecule has 0 amide bonds. The summed E-state index contributed by atoms with van der Waals surface area (Å²) in [6.45, 7) is 2.43. The molecule has 2 aromatic rings. The molecule has 0 unspecified atom stereocenters. The van der Waals surface area contributed by atoms with Gasteiger partial charge in [-0.1, -0.05) is 16.8 Å². The van der Waals surface area contributed by atoms with Crippen molar-refractivity contribution in [3.63, 3.8) is 0 Å². The fraction of sp³-hybridized carbons (Fsp3) is 0.273. The number of nitrogens with zero attached hydrogens (tertiary/aromatic N) is 2. The molecule has 0 aliphatic heterocycles. The predicted molar refractivity (Wildman–Crippen MR) is 67.1 cm³/mol. The van der Waals surface area contributed by atoms with E-state index in [0.717, 1.165) is 5.69 Å². The van der Waals surface area contributed by atoms with Crippen LogP contribution in [-0.2, 0) is 6.42 Å². The van der Waals surface area contributed by atoms with Crippen molar-refractivity contribution in [2.75, 3.05) is 17.6 Å². The number of benzene rings is 1. The Hall–Kier alpha value is -1.75. The molecule has 0 aliphatic rings. The Morgan fingerprint density at radius 3 is 3.00 bits per heavy atom. The average molecular weight is 253 g/mol. The monoisotopic (exact) mass is 252 g/mol. The van der Waals surface area contributed by atoms with Crippen LogP contribution in [0.15, 0.2) is 22.7 Å². The molecule has 0 fully saturated rings. The molecule has 90 valence electrons. The largest absolute Gasteiger partial charge is 0.397 e. The highest BCUT2D eigenvalue weighted by atomic mass is 35.5. The van der Waals surface area contributed by atoms with Crippen LogP contribution < -0.4 is 11.1 Å². The average Bonchev–Trinajstić information content (AvgIpc) is 2.69. The van der Waals surface area contributed by atoms with Crippen molar-refractivity contribution in [2.24, 2.45) is 0 Å². The third-order valence-electron chi connectivity index (χ3n) is 2.25. The van der Waals surface area contributed by atoms with E-state index in [0.29, 0.717) is 35.4 Å². The Morgan fingerprint density at radius 1 is 1.47 bits per heavy atom. The molecule has 1 aromatic carbocycles.